The Labute approximate surface area is 248 Å². The highest BCUT2D eigenvalue weighted by molar-refractivity contribution is 6.32. The van der Waals surface area contributed by atoms with Gasteiger partial charge in [0.2, 0.25) is 0 Å². The first-order valence-corrected chi connectivity index (χ1v) is 13.7. The van der Waals surface area contributed by atoms with Crippen LogP contribution in [0.25, 0.3) is 16.9 Å². The second-order valence-electron chi connectivity index (χ2n) is 9.92. The third kappa shape index (κ3) is 6.63. The summed E-state index contributed by atoms with van der Waals surface area (Å²) in [6, 6.07) is 4.96. The zero-order valence-electron chi connectivity index (χ0n) is 23.4. The average molecular weight is 615 g/mol. The Hall–Kier alpha value is -5.03. The van der Waals surface area contributed by atoms with Crippen LogP contribution in [0.5, 0.6) is 0 Å². The van der Waals surface area contributed by atoms with Crippen molar-refractivity contribution in [2.24, 2.45) is 5.73 Å². The summed E-state index contributed by atoms with van der Waals surface area (Å²) in [6.07, 6.45) is 1.86. The second kappa shape index (κ2) is 12.7. The lowest BCUT2D eigenvalue weighted by atomic mass is 10.0. The summed E-state index contributed by atoms with van der Waals surface area (Å²) in [7, 11) is 0. The standard InChI is InChI=1S/C27H29F3N10O4/c1-2-15-11-16(5-6-17(15)24(41)34-14-20(31)37-25(42)26(43)44-39-8-3-4-9-39)36-22-23-33-13-19(40(23)10-7-32-22)18-12-35-38-21(18)27(28,29)30/h5-7,10-13,20H,2-4,8-9,14,31H2,1H3,(H,32,36)(H,34,41)(H,35,38)(H,37,42)/t20-/m1/s1. The van der Waals surface area contributed by atoms with Crippen LogP contribution < -0.4 is 21.7 Å². The van der Waals surface area contributed by atoms with Crippen LogP contribution in [-0.2, 0) is 27.0 Å². The van der Waals surface area contributed by atoms with Gasteiger partial charge in [0.25, 0.3) is 5.91 Å². The Morgan fingerprint density at radius 3 is 2.66 bits per heavy atom. The number of halogens is 3. The molecule has 1 aliphatic heterocycles. The molecule has 44 heavy (non-hydrogen) atoms. The topological polar surface area (TPSA) is 185 Å². The summed E-state index contributed by atoms with van der Waals surface area (Å²) in [6.45, 7) is 2.83. The van der Waals surface area contributed by atoms with E-state index < -0.39 is 35.8 Å². The number of hydrogen-bond donors (Lipinski definition) is 5. The Balaban J connectivity index is 1.24. The number of nitrogens with zero attached hydrogens (tertiary/aromatic N) is 5. The fraction of sp³-hybridized carbons (Fsp3) is 0.333. The number of aryl methyl sites for hydroxylation is 1. The third-order valence-corrected chi connectivity index (χ3v) is 6.88. The van der Waals surface area contributed by atoms with Crippen molar-refractivity contribution in [3.05, 3.63) is 59.8 Å². The van der Waals surface area contributed by atoms with E-state index in [4.69, 9.17) is 10.6 Å². The summed E-state index contributed by atoms with van der Waals surface area (Å²) >= 11 is 0. The third-order valence-electron chi connectivity index (χ3n) is 6.88. The number of nitrogens with one attached hydrogen (secondary N) is 4. The van der Waals surface area contributed by atoms with Gasteiger partial charge in [0.1, 0.15) is 5.69 Å². The fourth-order valence-corrected chi connectivity index (χ4v) is 4.74. The molecule has 0 radical (unpaired) electrons. The number of imidazole rings is 1. The molecule has 6 N–H and O–H groups in total. The van der Waals surface area contributed by atoms with Gasteiger partial charge in [0.15, 0.2) is 11.5 Å². The Kier molecular flexibility index (Phi) is 8.77. The molecule has 2 amide bonds. The van der Waals surface area contributed by atoms with Crippen LogP contribution >= 0.6 is 0 Å². The van der Waals surface area contributed by atoms with Crippen molar-refractivity contribution in [1.82, 2.24) is 40.3 Å². The number of aromatic amines is 1. The van der Waals surface area contributed by atoms with Gasteiger partial charge in [0.05, 0.1) is 36.4 Å². The van der Waals surface area contributed by atoms with Crippen molar-refractivity contribution in [3.8, 4) is 11.3 Å². The molecule has 0 aliphatic carbocycles. The molecule has 3 aromatic heterocycles. The highest BCUT2D eigenvalue weighted by Gasteiger charge is 2.36. The van der Waals surface area contributed by atoms with Crippen molar-refractivity contribution < 1.29 is 32.4 Å². The molecule has 0 bridgehead atoms. The lowest BCUT2D eigenvalue weighted by Crippen LogP contribution is -2.52. The van der Waals surface area contributed by atoms with Crippen molar-refractivity contribution in [2.45, 2.75) is 38.5 Å². The Bertz CT molecular complexity index is 1680. The molecule has 232 valence electrons. The van der Waals surface area contributed by atoms with E-state index in [1.807, 2.05) is 12.0 Å². The number of fused-ring (bicyclic) bond motifs is 1. The van der Waals surface area contributed by atoms with Gasteiger partial charge < -0.3 is 26.5 Å². The summed E-state index contributed by atoms with van der Waals surface area (Å²) < 4.78 is 41.8. The number of anilines is 2. The summed E-state index contributed by atoms with van der Waals surface area (Å²) in [5.41, 5.74) is 6.77. The smallest absolute Gasteiger partial charge is 0.360 e. The van der Waals surface area contributed by atoms with Crippen LogP contribution in [0.15, 0.2) is 43.0 Å². The Morgan fingerprint density at radius 2 is 1.93 bits per heavy atom. The molecule has 1 aromatic carbocycles. The highest BCUT2D eigenvalue weighted by atomic mass is 19.4. The number of nitrogens with two attached hydrogens (primary N) is 1. The van der Waals surface area contributed by atoms with E-state index in [0.29, 0.717) is 36.3 Å². The van der Waals surface area contributed by atoms with Gasteiger partial charge in [-0.25, -0.2) is 14.8 Å². The van der Waals surface area contributed by atoms with Crippen LogP contribution in [0.3, 0.4) is 0 Å². The first-order chi connectivity index (χ1) is 21.0. The predicted octanol–water partition coefficient (Wildman–Crippen LogP) is 2.13. The van der Waals surface area contributed by atoms with Crippen molar-refractivity contribution in [1.29, 1.82) is 0 Å². The molecule has 4 heterocycles. The van der Waals surface area contributed by atoms with Crippen LogP contribution in [0, 0.1) is 0 Å². The molecule has 17 heteroatoms. The number of amides is 2. The lowest BCUT2D eigenvalue weighted by molar-refractivity contribution is -0.188. The number of H-pyrrole nitrogens is 1. The molecule has 1 saturated heterocycles. The van der Waals surface area contributed by atoms with Crippen LogP contribution in [-0.4, -0.2) is 73.2 Å². The maximum absolute atomic E-state index is 13.4. The quantitative estimate of drug-likeness (QED) is 0.138. The van der Waals surface area contributed by atoms with Gasteiger partial charge in [-0.05, 0) is 43.0 Å². The van der Waals surface area contributed by atoms with Crippen molar-refractivity contribution in [3.63, 3.8) is 0 Å². The predicted molar refractivity (Wildman–Crippen MR) is 150 cm³/mol. The van der Waals surface area contributed by atoms with Crippen LogP contribution in [0.4, 0.5) is 24.7 Å². The molecule has 0 saturated carbocycles. The minimum absolute atomic E-state index is 0.147. The van der Waals surface area contributed by atoms with E-state index in [9.17, 15) is 27.6 Å². The minimum Gasteiger partial charge on any atom is -0.360 e. The van der Waals surface area contributed by atoms with Gasteiger partial charge in [-0.3, -0.25) is 19.1 Å². The molecule has 0 unspecified atom stereocenters. The monoisotopic (exact) mass is 614 g/mol. The molecular formula is C27H29F3N10O4. The number of aromatic nitrogens is 5. The van der Waals surface area contributed by atoms with Crippen LogP contribution in [0.2, 0.25) is 0 Å². The zero-order valence-corrected chi connectivity index (χ0v) is 23.4. The van der Waals surface area contributed by atoms with E-state index in [0.717, 1.165) is 19.0 Å². The first-order valence-electron chi connectivity index (χ1n) is 13.7. The highest BCUT2D eigenvalue weighted by Crippen LogP contribution is 2.36. The molecule has 5 rings (SSSR count). The molecule has 1 fully saturated rings. The SMILES string of the molecule is CCc1cc(Nc2nccn3c(-c4cn[nH]c4C(F)(F)F)cnc23)ccc1C(=O)NC[C@H](N)NC(=O)C(=O)ON1CCCC1. The number of hydroxylamine groups is 2. The maximum Gasteiger partial charge on any atom is 0.433 e. The zero-order chi connectivity index (χ0) is 31.4. The number of carbonyl (C=O) groups is 3. The van der Waals surface area contributed by atoms with Gasteiger partial charge in [-0.15, -0.1) is 5.06 Å². The van der Waals surface area contributed by atoms with Gasteiger partial charge in [0, 0.05) is 36.7 Å². The summed E-state index contributed by atoms with van der Waals surface area (Å²) in [5.74, 6) is -2.26. The number of benzene rings is 1. The van der Waals surface area contributed by atoms with E-state index in [2.05, 4.69) is 31.0 Å². The number of hydrogen-bond acceptors (Lipinski definition) is 10. The van der Waals surface area contributed by atoms with Gasteiger partial charge in [-0.1, -0.05) is 6.92 Å². The second-order valence-corrected chi connectivity index (χ2v) is 9.92. The first kappa shape index (κ1) is 30.4. The molecular weight excluding hydrogens is 585 g/mol. The number of carbonyl (C=O) groups excluding carboxylic acids is 3. The average Bonchev–Trinajstić information content (AvgIpc) is 3.77. The Morgan fingerprint density at radius 1 is 1.16 bits per heavy atom. The van der Waals surface area contributed by atoms with Crippen molar-refractivity contribution >= 4 is 34.9 Å². The minimum atomic E-state index is -4.63. The largest absolute Gasteiger partial charge is 0.433 e. The fourth-order valence-electron chi connectivity index (χ4n) is 4.74. The normalized spacial score (nSPS) is 14.4. The molecule has 0 spiro atoms. The summed E-state index contributed by atoms with van der Waals surface area (Å²) in [4.78, 5) is 50.5. The van der Waals surface area contributed by atoms with E-state index >= 15 is 0 Å². The van der Waals surface area contributed by atoms with Gasteiger partial charge in [-0.2, -0.15) is 18.3 Å². The molecule has 14 nitrogen and oxygen atoms in total. The van der Waals surface area contributed by atoms with Crippen molar-refractivity contribution in [2.75, 3.05) is 25.0 Å². The van der Waals surface area contributed by atoms with Gasteiger partial charge >= 0.3 is 18.1 Å². The summed E-state index contributed by atoms with van der Waals surface area (Å²) in [5, 5.41) is 15.0. The number of rotatable bonds is 9. The van der Waals surface area contributed by atoms with E-state index in [1.54, 1.807) is 18.2 Å². The molecule has 1 aliphatic rings. The maximum atomic E-state index is 13.4. The van der Waals surface area contributed by atoms with Crippen LogP contribution in [0.1, 0.15) is 41.4 Å². The van der Waals surface area contributed by atoms with E-state index in [-0.39, 0.29) is 29.3 Å². The number of alkyl halides is 3. The molecule has 4 aromatic rings. The lowest BCUT2D eigenvalue weighted by Gasteiger charge is -2.17. The van der Waals surface area contributed by atoms with E-state index in [1.165, 1.54) is 28.1 Å². The molecule has 1 atom stereocenters.